The number of carbonyl (C=O) groups excluding carboxylic acids is 3. The van der Waals surface area contributed by atoms with Gasteiger partial charge in [-0.25, -0.2) is 0 Å². The molecule has 4 aromatic rings. The van der Waals surface area contributed by atoms with Crippen molar-refractivity contribution in [2.75, 3.05) is 10.2 Å². The maximum Gasteiger partial charge on any atom is 0.238 e. The van der Waals surface area contributed by atoms with Crippen molar-refractivity contribution in [3.8, 4) is 0 Å². The number of para-hydroxylation sites is 2. The Morgan fingerprint density at radius 2 is 1.54 bits per heavy atom. The molecule has 3 aromatic carbocycles. The van der Waals surface area contributed by atoms with Gasteiger partial charge < -0.3 is 10.2 Å². The second kappa shape index (κ2) is 8.85. The Labute approximate surface area is 233 Å². The average Bonchev–Trinajstić information content (AvgIpc) is 3.45. The van der Waals surface area contributed by atoms with Gasteiger partial charge in [0, 0.05) is 39.4 Å². The molecule has 7 heteroatoms. The van der Waals surface area contributed by atoms with Crippen LogP contribution in [0.5, 0.6) is 0 Å². The molecule has 190 valence electrons. The third-order valence-electron chi connectivity index (χ3n) is 8.19. The number of hydrogen-bond donors (Lipinski definition) is 1. The van der Waals surface area contributed by atoms with Gasteiger partial charge in [0.05, 0.1) is 12.0 Å². The van der Waals surface area contributed by atoms with Crippen molar-refractivity contribution in [3.63, 3.8) is 0 Å². The SMILES string of the molecule is O=C(c1ccc(Br)cc1)[C@@H]1[C@H](C(=O)c2ccncc2)[C@]2(C(=O)Nc3ccccc32)[C@@H]2C=Cc3ccccc3N12. The molecule has 0 aliphatic carbocycles. The molecule has 3 aliphatic rings. The van der Waals surface area contributed by atoms with Gasteiger partial charge in [0.1, 0.15) is 11.5 Å². The fourth-order valence-electron chi connectivity index (χ4n) is 6.60. The lowest BCUT2D eigenvalue weighted by atomic mass is 9.64. The Balaban J connectivity index is 1.54. The highest BCUT2D eigenvalue weighted by Gasteiger charge is 2.70. The third kappa shape index (κ3) is 3.32. The molecular formula is C32H22BrN3O3. The topological polar surface area (TPSA) is 79.4 Å². The molecule has 1 spiro atoms. The van der Waals surface area contributed by atoms with Crippen LogP contribution < -0.4 is 10.2 Å². The van der Waals surface area contributed by atoms with Gasteiger partial charge >= 0.3 is 0 Å². The Morgan fingerprint density at radius 1 is 0.846 bits per heavy atom. The summed E-state index contributed by atoms with van der Waals surface area (Å²) in [5, 5.41) is 3.05. The zero-order valence-corrected chi connectivity index (χ0v) is 22.2. The molecule has 1 N–H and O–H groups in total. The molecule has 1 aromatic heterocycles. The monoisotopic (exact) mass is 575 g/mol. The first-order valence-corrected chi connectivity index (χ1v) is 13.5. The molecule has 0 saturated carbocycles. The molecule has 6 nitrogen and oxygen atoms in total. The normalized spacial score (nSPS) is 24.2. The number of amides is 1. The molecule has 39 heavy (non-hydrogen) atoms. The fourth-order valence-corrected chi connectivity index (χ4v) is 6.86. The number of halogens is 1. The van der Waals surface area contributed by atoms with Crippen LogP contribution in [0.3, 0.4) is 0 Å². The van der Waals surface area contributed by atoms with Crippen LogP contribution in [0.4, 0.5) is 11.4 Å². The number of ketones is 2. The molecule has 1 saturated heterocycles. The molecular weight excluding hydrogens is 554 g/mol. The van der Waals surface area contributed by atoms with Crippen LogP contribution in [0.15, 0.2) is 108 Å². The maximum atomic E-state index is 14.6. The van der Waals surface area contributed by atoms with Crippen molar-refractivity contribution in [1.29, 1.82) is 0 Å². The summed E-state index contributed by atoms with van der Waals surface area (Å²) in [5.41, 5.74) is 2.72. The highest BCUT2D eigenvalue weighted by molar-refractivity contribution is 9.10. The Bertz CT molecular complexity index is 1680. The van der Waals surface area contributed by atoms with E-state index in [1.807, 2.05) is 77.7 Å². The Hall–Kier alpha value is -4.36. The summed E-state index contributed by atoms with van der Waals surface area (Å²) in [7, 11) is 0. The molecule has 3 aliphatic heterocycles. The minimum atomic E-state index is -1.32. The molecule has 0 bridgehead atoms. The Morgan fingerprint density at radius 3 is 2.33 bits per heavy atom. The molecule has 0 radical (unpaired) electrons. The molecule has 4 atom stereocenters. The summed E-state index contributed by atoms with van der Waals surface area (Å²) in [6.07, 6.45) is 7.09. The lowest BCUT2D eigenvalue weighted by Crippen LogP contribution is -2.51. The largest absolute Gasteiger partial charge is 0.352 e. The number of fused-ring (bicyclic) bond motifs is 6. The van der Waals surface area contributed by atoms with Crippen molar-refractivity contribution in [2.45, 2.75) is 17.5 Å². The molecule has 7 rings (SSSR count). The second-order valence-electron chi connectivity index (χ2n) is 10.0. The number of nitrogens with one attached hydrogen (secondary N) is 1. The third-order valence-corrected chi connectivity index (χ3v) is 8.72. The van der Waals surface area contributed by atoms with Crippen LogP contribution in [0.25, 0.3) is 6.08 Å². The predicted octanol–water partition coefficient (Wildman–Crippen LogP) is 5.70. The van der Waals surface area contributed by atoms with Gasteiger partial charge in [-0.1, -0.05) is 76.6 Å². The number of aromatic nitrogens is 1. The number of hydrogen-bond acceptors (Lipinski definition) is 5. The minimum Gasteiger partial charge on any atom is -0.352 e. The summed E-state index contributed by atoms with van der Waals surface area (Å²) >= 11 is 3.45. The summed E-state index contributed by atoms with van der Waals surface area (Å²) in [6, 6.07) is 24.3. The van der Waals surface area contributed by atoms with Crippen LogP contribution >= 0.6 is 15.9 Å². The smallest absolute Gasteiger partial charge is 0.238 e. The van der Waals surface area contributed by atoms with E-state index in [1.165, 1.54) is 0 Å². The van der Waals surface area contributed by atoms with Crippen LogP contribution in [0.2, 0.25) is 0 Å². The zero-order valence-electron chi connectivity index (χ0n) is 20.6. The summed E-state index contributed by atoms with van der Waals surface area (Å²) in [5.74, 6) is -1.75. The number of carbonyl (C=O) groups is 3. The summed E-state index contributed by atoms with van der Waals surface area (Å²) < 4.78 is 0.847. The number of rotatable bonds is 4. The van der Waals surface area contributed by atoms with Crippen LogP contribution in [-0.4, -0.2) is 34.5 Å². The van der Waals surface area contributed by atoms with Gasteiger partial charge in [0.2, 0.25) is 5.91 Å². The van der Waals surface area contributed by atoms with Crippen molar-refractivity contribution >= 4 is 50.9 Å². The Kier molecular flexibility index (Phi) is 5.39. The second-order valence-corrected chi connectivity index (χ2v) is 10.9. The lowest BCUT2D eigenvalue weighted by Gasteiger charge is -2.37. The van der Waals surface area contributed by atoms with E-state index in [2.05, 4.69) is 26.2 Å². The van der Waals surface area contributed by atoms with E-state index < -0.39 is 23.4 Å². The quantitative estimate of drug-likeness (QED) is 0.316. The van der Waals surface area contributed by atoms with E-state index in [1.54, 1.807) is 36.7 Å². The van der Waals surface area contributed by atoms with Crippen molar-refractivity contribution in [3.05, 3.63) is 130 Å². The van der Waals surface area contributed by atoms with Gasteiger partial charge in [-0.2, -0.15) is 0 Å². The lowest BCUT2D eigenvalue weighted by molar-refractivity contribution is -0.121. The van der Waals surface area contributed by atoms with Crippen LogP contribution in [0.1, 0.15) is 31.8 Å². The van der Waals surface area contributed by atoms with E-state index in [4.69, 9.17) is 0 Å². The minimum absolute atomic E-state index is 0.209. The van der Waals surface area contributed by atoms with Gasteiger partial charge in [0.25, 0.3) is 0 Å². The predicted molar refractivity (Wildman–Crippen MR) is 153 cm³/mol. The number of anilines is 2. The van der Waals surface area contributed by atoms with Crippen molar-refractivity contribution < 1.29 is 14.4 Å². The van der Waals surface area contributed by atoms with Crippen molar-refractivity contribution in [2.24, 2.45) is 5.92 Å². The number of pyridine rings is 1. The van der Waals surface area contributed by atoms with Gasteiger partial charge in [-0.3, -0.25) is 19.4 Å². The molecule has 4 heterocycles. The van der Waals surface area contributed by atoms with E-state index in [0.29, 0.717) is 16.8 Å². The first-order valence-electron chi connectivity index (χ1n) is 12.7. The van der Waals surface area contributed by atoms with E-state index >= 15 is 0 Å². The van der Waals surface area contributed by atoms with E-state index in [-0.39, 0.29) is 17.5 Å². The summed E-state index contributed by atoms with van der Waals surface area (Å²) in [4.78, 5) is 49.5. The number of nitrogens with zero attached hydrogens (tertiary/aromatic N) is 2. The van der Waals surface area contributed by atoms with E-state index in [9.17, 15) is 14.4 Å². The first kappa shape index (κ1) is 23.7. The first-order chi connectivity index (χ1) is 19.0. The number of Topliss-reactive ketones (excluding diaryl/α,β-unsaturated/α-hetero) is 2. The van der Waals surface area contributed by atoms with Gasteiger partial charge in [0.15, 0.2) is 11.6 Å². The maximum absolute atomic E-state index is 14.6. The van der Waals surface area contributed by atoms with Crippen LogP contribution in [0, 0.1) is 5.92 Å². The molecule has 1 fully saturated rings. The molecule has 0 unspecified atom stereocenters. The highest BCUT2D eigenvalue weighted by atomic mass is 79.9. The van der Waals surface area contributed by atoms with Crippen molar-refractivity contribution in [1.82, 2.24) is 4.98 Å². The van der Waals surface area contributed by atoms with Gasteiger partial charge in [-0.15, -0.1) is 0 Å². The van der Waals surface area contributed by atoms with Gasteiger partial charge in [-0.05, 0) is 47.5 Å². The standard InChI is InChI=1S/C32H22BrN3O3/c33-22-12-9-20(10-13-22)30(38)28-27(29(37)21-15-17-34-18-16-21)32(23-6-2-3-7-24(23)35-31(32)39)26-14-11-19-5-1-4-8-25(19)36(26)28/h1-18,26-28H,(H,35,39)/t26-,27+,28-,32+/m0/s1. The van der Waals surface area contributed by atoms with Crippen LogP contribution in [-0.2, 0) is 10.2 Å². The number of benzene rings is 3. The van der Waals surface area contributed by atoms with E-state index in [0.717, 1.165) is 21.3 Å². The molecule has 1 amide bonds. The zero-order chi connectivity index (χ0) is 26.7. The average molecular weight is 576 g/mol. The summed E-state index contributed by atoms with van der Waals surface area (Å²) in [6.45, 7) is 0. The highest BCUT2D eigenvalue weighted by Crippen LogP contribution is 2.58. The fraction of sp³-hybridized carbons (Fsp3) is 0.125.